The molecule has 0 saturated heterocycles. The van der Waals surface area contributed by atoms with Crippen molar-refractivity contribution < 1.29 is 19.1 Å². The van der Waals surface area contributed by atoms with E-state index in [1.807, 2.05) is 61.5 Å². The highest BCUT2D eigenvalue weighted by Gasteiger charge is 2.07. The van der Waals surface area contributed by atoms with Gasteiger partial charge in [-0.25, -0.2) is 0 Å². The summed E-state index contributed by atoms with van der Waals surface area (Å²) in [4.78, 5) is 22.9. The fourth-order valence-corrected chi connectivity index (χ4v) is 2.42. The molecule has 0 bridgehead atoms. The molecule has 0 fully saturated rings. The first-order valence-electron chi connectivity index (χ1n) is 8.52. The third kappa shape index (κ3) is 6.79. The number of rotatable bonds is 9. The lowest BCUT2D eigenvalue weighted by Gasteiger charge is -2.14. The maximum Gasteiger partial charge on any atom is 0.302 e. The monoisotopic (exact) mass is 340 g/mol. The summed E-state index contributed by atoms with van der Waals surface area (Å²) < 4.78 is 10.7. The van der Waals surface area contributed by atoms with Crippen molar-refractivity contribution in [1.82, 2.24) is 0 Å². The summed E-state index contributed by atoms with van der Waals surface area (Å²) in [5.41, 5.74) is 1.85. The summed E-state index contributed by atoms with van der Waals surface area (Å²) in [5.74, 6) is 0.648. The second-order valence-corrected chi connectivity index (χ2v) is 5.99. The predicted molar refractivity (Wildman–Crippen MR) is 96.9 cm³/mol. The molecule has 25 heavy (non-hydrogen) atoms. The second-order valence-electron chi connectivity index (χ2n) is 5.99. The van der Waals surface area contributed by atoms with Crippen LogP contribution < -0.4 is 4.74 Å². The van der Waals surface area contributed by atoms with Crippen molar-refractivity contribution in [2.24, 2.45) is 0 Å². The summed E-state index contributed by atoms with van der Waals surface area (Å²) in [6, 6.07) is 17.1. The van der Waals surface area contributed by atoms with Gasteiger partial charge in [-0.05, 0) is 31.0 Å². The standard InChI is InChI=1S/C21H24O4/c1-16(14-15-24-17(2)22)25-20-11-8-18(9-12-20)10-13-21(23)19-6-4-3-5-7-19/h3-9,11-12,16H,10,13-15H2,1-2H3. The van der Waals surface area contributed by atoms with E-state index in [1.54, 1.807) is 0 Å². The van der Waals surface area contributed by atoms with Crippen LogP contribution in [0, 0.1) is 0 Å². The summed E-state index contributed by atoms with van der Waals surface area (Å²) in [7, 11) is 0. The van der Waals surface area contributed by atoms with Crippen molar-refractivity contribution in [2.45, 2.75) is 39.2 Å². The molecule has 0 N–H and O–H groups in total. The SMILES string of the molecule is CC(=O)OCCC(C)Oc1ccc(CCC(=O)c2ccccc2)cc1. The van der Waals surface area contributed by atoms with Crippen molar-refractivity contribution in [3.63, 3.8) is 0 Å². The van der Waals surface area contributed by atoms with Gasteiger partial charge >= 0.3 is 5.97 Å². The quantitative estimate of drug-likeness (QED) is 0.506. The Bertz CT molecular complexity index is 677. The first-order valence-corrected chi connectivity index (χ1v) is 8.52. The molecule has 0 heterocycles. The average Bonchev–Trinajstić information content (AvgIpc) is 2.61. The largest absolute Gasteiger partial charge is 0.491 e. The molecule has 0 spiro atoms. The highest BCUT2D eigenvalue weighted by atomic mass is 16.5. The first kappa shape index (κ1) is 18.7. The van der Waals surface area contributed by atoms with Crippen molar-refractivity contribution in [3.05, 3.63) is 65.7 Å². The number of esters is 1. The lowest BCUT2D eigenvalue weighted by atomic mass is 10.0. The number of benzene rings is 2. The minimum absolute atomic E-state index is 0.0372. The summed E-state index contributed by atoms with van der Waals surface area (Å²) in [5, 5.41) is 0. The molecule has 132 valence electrons. The zero-order valence-electron chi connectivity index (χ0n) is 14.7. The minimum Gasteiger partial charge on any atom is -0.491 e. The molecule has 0 radical (unpaired) electrons. The van der Waals surface area contributed by atoms with Crippen molar-refractivity contribution in [3.8, 4) is 5.75 Å². The van der Waals surface area contributed by atoms with Gasteiger partial charge in [-0.2, -0.15) is 0 Å². The van der Waals surface area contributed by atoms with Gasteiger partial charge in [-0.1, -0.05) is 42.5 Å². The van der Waals surface area contributed by atoms with Crippen LogP contribution in [0.2, 0.25) is 0 Å². The Morgan fingerprint density at radius 2 is 1.68 bits per heavy atom. The molecule has 0 aliphatic heterocycles. The Hall–Kier alpha value is -2.62. The molecule has 0 aliphatic carbocycles. The molecule has 2 rings (SSSR count). The van der Waals surface area contributed by atoms with Gasteiger partial charge in [0.25, 0.3) is 0 Å². The number of carbonyl (C=O) groups excluding carboxylic acids is 2. The Kier molecular flexibility index (Phi) is 7.20. The number of Topliss-reactive ketones (excluding diaryl/α,β-unsaturated/α-hetero) is 1. The van der Waals surface area contributed by atoms with Crippen molar-refractivity contribution >= 4 is 11.8 Å². The average molecular weight is 340 g/mol. The molecule has 0 amide bonds. The Balaban J connectivity index is 1.77. The zero-order chi connectivity index (χ0) is 18.1. The fourth-order valence-electron chi connectivity index (χ4n) is 2.42. The zero-order valence-corrected chi connectivity index (χ0v) is 14.7. The minimum atomic E-state index is -0.276. The van der Waals surface area contributed by atoms with E-state index in [-0.39, 0.29) is 17.9 Å². The van der Waals surface area contributed by atoms with Crippen LogP contribution in [0.15, 0.2) is 54.6 Å². The van der Waals surface area contributed by atoms with Crippen LogP contribution in [0.5, 0.6) is 5.75 Å². The maximum absolute atomic E-state index is 12.1. The first-order chi connectivity index (χ1) is 12.0. The van der Waals surface area contributed by atoms with Crippen LogP contribution in [-0.4, -0.2) is 24.5 Å². The lowest BCUT2D eigenvalue weighted by molar-refractivity contribution is -0.141. The number of hydrogen-bond donors (Lipinski definition) is 0. The highest BCUT2D eigenvalue weighted by molar-refractivity contribution is 5.96. The molecule has 2 aromatic carbocycles. The van der Waals surface area contributed by atoms with Crippen molar-refractivity contribution in [1.29, 1.82) is 0 Å². The van der Waals surface area contributed by atoms with E-state index in [9.17, 15) is 9.59 Å². The van der Waals surface area contributed by atoms with Gasteiger partial charge in [-0.15, -0.1) is 0 Å². The van der Waals surface area contributed by atoms with Gasteiger partial charge in [0.1, 0.15) is 5.75 Å². The van der Waals surface area contributed by atoms with Gasteiger partial charge in [-0.3, -0.25) is 9.59 Å². The van der Waals surface area contributed by atoms with Gasteiger partial charge in [0.05, 0.1) is 12.7 Å². The van der Waals surface area contributed by atoms with E-state index in [4.69, 9.17) is 9.47 Å². The molecule has 4 heteroatoms. The Morgan fingerprint density at radius 3 is 2.32 bits per heavy atom. The van der Waals surface area contributed by atoms with Crippen LogP contribution in [0.25, 0.3) is 0 Å². The van der Waals surface area contributed by atoms with Crippen LogP contribution in [0.1, 0.15) is 42.6 Å². The molecular weight excluding hydrogens is 316 g/mol. The Morgan fingerprint density at radius 1 is 1.00 bits per heavy atom. The van der Waals surface area contributed by atoms with Gasteiger partial charge < -0.3 is 9.47 Å². The molecule has 1 unspecified atom stereocenters. The maximum atomic E-state index is 12.1. The van der Waals surface area contributed by atoms with Crippen LogP contribution >= 0.6 is 0 Å². The topological polar surface area (TPSA) is 52.6 Å². The molecule has 0 aromatic heterocycles. The van der Waals surface area contributed by atoms with E-state index in [0.29, 0.717) is 25.9 Å². The van der Waals surface area contributed by atoms with Crippen molar-refractivity contribution in [2.75, 3.05) is 6.61 Å². The van der Waals surface area contributed by atoms with E-state index in [0.717, 1.165) is 16.9 Å². The van der Waals surface area contributed by atoms with E-state index >= 15 is 0 Å². The number of ether oxygens (including phenoxy) is 2. The van der Waals surface area contributed by atoms with Gasteiger partial charge in [0, 0.05) is 25.3 Å². The third-order valence-corrected chi connectivity index (χ3v) is 3.83. The van der Waals surface area contributed by atoms with Crippen LogP contribution in [0.4, 0.5) is 0 Å². The smallest absolute Gasteiger partial charge is 0.302 e. The Labute approximate surface area is 148 Å². The molecule has 1 atom stereocenters. The summed E-state index contributed by atoms with van der Waals surface area (Å²) in [6.07, 6.45) is 1.80. The molecule has 2 aromatic rings. The van der Waals surface area contributed by atoms with E-state index in [1.165, 1.54) is 6.92 Å². The molecule has 4 nitrogen and oxygen atoms in total. The number of ketones is 1. The normalized spacial score (nSPS) is 11.6. The number of carbonyl (C=O) groups is 2. The van der Waals surface area contributed by atoms with Crippen LogP contribution in [-0.2, 0) is 16.0 Å². The predicted octanol–water partition coefficient (Wildman–Crippen LogP) is 4.22. The third-order valence-electron chi connectivity index (χ3n) is 3.83. The summed E-state index contributed by atoms with van der Waals surface area (Å²) in [6.45, 7) is 3.69. The van der Waals surface area contributed by atoms with Crippen LogP contribution in [0.3, 0.4) is 0 Å². The lowest BCUT2D eigenvalue weighted by Crippen LogP contribution is -2.15. The van der Waals surface area contributed by atoms with Gasteiger partial charge in [0.15, 0.2) is 5.78 Å². The number of aryl methyl sites for hydroxylation is 1. The van der Waals surface area contributed by atoms with E-state index < -0.39 is 0 Å². The second kappa shape index (κ2) is 9.62. The summed E-state index contributed by atoms with van der Waals surface area (Å²) >= 11 is 0. The fraction of sp³-hybridized carbons (Fsp3) is 0.333. The van der Waals surface area contributed by atoms with E-state index in [2.05, 4.69) is 0 Å². The van der Waals surface area contributed by atoms with Gasteiger partial charge in [0.2, 0.25) is 0 Å². The highest BCUT2D eigenvalue weighted by Crippen LogP contribution is 2.16. The number of hydrogen-bond acceptors (Lipinski definition) is 4. The molecular formula is C21H24O4. The molecule has 0 saturated carbocycles. The molecule has 0 aliphatic rings.